The molecule has 3 fully saturated rings. The van der Waals surface area contributed by atoms with Gasteiger partial charge in [0.25, 0.3) is 0 Å². The molecule has 3 aliphatic rings. The molecule has 0 unspecified atom stereocenters. The Labute approximate surface area is 287 Å². The van der Waals surface area contributed by atoms with Crippen LogP contribution in [-0.4, -0.2) is 87.6 Å². The third-order valence-corrected chi connectivity index (χ3v) is 11.0. The fourth-order valence-electron chi connectivity index (χ4n) is 7.80. The second-order valence-electron chi connectivity index (χ2n) is 13.8. The zero-order chi connectivity index (χ0) is 33.8. The molecule has 0 saturated carbocycles. The molecule has 6 rings (SSSR count). The summed E-state index contributed by atoms with van der Waals surface area (Å²) in [4.78, 5) is 49.8. The Morgan fingerprint density at radius 3 is 2.25 bits per heavy atom. The first-order valence-corrected chi connectivity index (χ1v) is 17.6. The van der Waals surface area contributed by atoms with Crippen molar-refractivity contribution in [3.63, 3.8) is 0 Å². The number of amides is 2. The van der Waals surface area contributed by atoms with E-state index in [-0.39, 0.29) is 30.0 Å². The second kappa shape index (κ2) is 15.0. The van der Waals surface area contributed by atoms with Gasteiger partial charge in [0, 0.05) is 43.7 Å². The molecular formula is C37H46ClN7O3. The van der Waals surface area contributed by atoms with Gasteiger partial charge in [0.05, 0.1) is 22.7 Å². The lowest BCUT2D eigenvalue weighted by Gasteiger charge is -2.40. The summed E-state index contributed by atoms with van der Waals surface area (Å²) in [6.45, 7) is 4.69. The van der Waals surface area contributed by atoms with Crippen molar-refractivity contribution in [2.75, 3.05) is 52.0 Å². The van der Waals surface area contributed by atoms with Crippen LogP contribution in [0.4, 0.5) is 5.69 Å². The Hall–Kier alpha value is -4.07. The molecule has 0 aliphatic carbocycles. The molecule has 11 heteroatoms. The standard InChI is InChI=1S/C37H46ClN7O3/c1-3-26-21-25(23-32(38)34(26)39)22-30(36(47)44-17-11-28(12-18-44)27-9-15-42(2)16-10-27)24-33(46)43-19-13-31(14-20-43)45-37(48)40-35(41-45)29-7-5-4-6-8-29/h1,4-8,21,23,27-28,30-31H,9-20,22,24,39H2,2H3,(H,40,41,48)/t30-/m0/s1. The Balaban J connectivity index is 1.12. The third kappa shape index (κ3) is 7.63. The molecule has 1 atom stereocenters. The number of H-pyrrole nitrogens is 1. The summed E-state index contributed by atoms with van der Waals surface area (Å²) in [6.07, 6.45) is 11.8. The van der Waals surface area contributed by atoms with Crippen molar-refractivity contribution in [2.24, 2.45) is 17.8 Å². The SMILES string of the molecule is C#Cc1cc(C[C@@H](CC(=O)N2CCC(n3nc(-c4ccccc4)[nH]c3=O)CC2)C(=O)N2CCC(C3CCN(C)CC3)CC2)cc(Cl)c1N. The number of nitrogens with one attached hydrogen (secondary N) is 1. The van der Waals surface area contributed by atoms with E-state index in [9.17, 15) is 14.4 Å². The molecular weight excluding hydrogens is 626 g/mol. The number of carbonyl (C=O) groups is 2. The van der Waals surface area contributed by atoms with E-state index in [1.54, 1.807) is 12.1 Å². The number of aromatic nitrogens is 3. The minimum absolute atomic E-state index is 0.00628. The Bertz CT molecular complexity index is 1690. The Morgan fingerprint density at radius 2 is 1.60 bits per heavy atom. The third-order valence-electron chi connectivity index (χ3n) is 10.7. The predicted octanol–water partition coefficient (Wildman–Crippen LogP) is 4.45. The fraction of sp³-hybridized carbons (Fsp3) is 0.514. The molecule has 3 saturated heterocycles. The number of terminal acetylenes is 1. The largest absolute Gasteiger partial charge is 0.397 e. The van der Waals surface area contributed by atoms with Gasteiger partial charge in [-0.15, -0.1) is 11.5 Å². The predicted molar refractivity (Wildman–Crippen MR) is 188 cm³/mol. The van der Waals surface area contributed by atoms with Gasteiger partial charge in [0.15, 0.2) is 5.82 Å². The van der Waals surface area contributed by atoms with Crippen molar-refractivity contribution >= 4 is 29.1 Å². The van der Waals surface area contributed by atoms with Crippen LogP contribution < -0.4 is 11.4 Å². The number of hydrogen-bond donors (Lipinski definition) is 2. The maximum Gasteiger partial charge on any atom is 0.343 e. The van der Waals surface area contributed by atoms with E-state index in [4.69, 9.17) is 23.8 Å². The van der Waals surface area contributed by atoms with Crippen molar-refractivity contribution < 1.29 is 9.59 Å². The molecule has 2 amide bonds. The minimum atomic E-state index is -0.553. The lowest BCUT2D eigenvalue weighted by Crippen LogP contribution is -2.46. The number of nitrogens with zero attached hydrogens (tertiary/aromatic N) is 5. The van der Waals surface area contributed by atoms with Crippen LogP contribution >= 0.6 is 11.6 Å². The van der Waals surface area contributed by atoms with E-state index in [0.29, 0.717) is 73.5 Å². The average molecular weight is 672 g/mol. The molecule has 3 aliphatic heterocycles. The average Bonchev–Trinajstić information content (AvgIpc) is 3.51. The number of hydrogen-bond acceptors (Lipinski definition) is 6. The number of piperidine rings is 3. The molecule has 48 heavy (non-hydrogen) atoms. The van der Waals surface area contributed by atoms with E-state index in [0.717, 1.165) is 43.0 Å². The molecule has 2 aromatic carbocycles. The van der Waals surface area contributed by atoms with E-state index < -0.39 is 5.92 Å². The van der Waals surface area contributed by atoms with Gasteiger partial charge >= 0.3 is 5.69 Å². The fourth-order valence-corrected chi connectivity index (χ4v) is 8.04. The molecule has 0 spiro atoms. The first kappa shape index (κ1) is 33.8. The lowest BCUT2D eigenvalue weighted by atomic mass is 9.78. The van der Waals surface area contributed by atoms with Gasteiger partial charge in [-0.25, -0.2) is 9.48 Å². The maximum absolute atomic E-state index is 14.1. The number of anilines is 1. The van der Waals surface area contributed by atoms with Crippen LogP contribution in [0.2, 0.25) is 5.02 Å². The summed E-state index contributed by atoms with van der Waals surface area (Å²) in [7, 11) is 2.18. The van der Waals surface area contributed by atoms with Crippen molar-refractivity contribution in [3.8, 4) is 23.7 Å². The monoisotopic (exact) mass is 671 g/mol. The summed E-state index contributed by atoms with van der Waals surface area (Å²) in [5.74, 6) is 3.88. The Kier molecular flexibility index (Phi) is 10.6. The topological polar surface area (TPSA) is 121 Å². The van der Waals surface area contributed by atoms with Crippen LogP contribution in [0.3, 0.4) is 0 Å². The number of benzene rings is 2. The van der Waals surface area contributed by atoms with Crippen LogP contribution in [0.1, 0.15) is 62.1 Å². The van der Waals surface area contributed by atoms with E-state index in [1.165, 1.54) is 17.5 Å². The van der Waals surface area contributed by atoms with Crippen molar-refractivity contribution in [1.82, 2.24) is 29.5 Å². The van der Waals surface area contributed by atoms with Gasteiger partial charge in [-0.3, -0.25) is 14.6 Å². The normalized spacial score (nSPS) is 19.3. The van der Waals surface area contributed by atoms with Crippen molar-refractivity contribution in [3.05, 3.63) is 69.1 Å². The number of aromatic amines is 1. The summed E-state index contributed by atoms with van der Waals surface area (Å²) in [6, 6.07) is 13.0. The first-order chi connectivity index (χ1) is 23.2. The number of rotatable bonds is 8. The highest BCUT2D eigenvalue weighted by Crippen LogP contribution is 2.34. The highest BCUT2D eigenvalue weighted by molar-refractivity contribution is 6.33. The van der Waals surface area contributed by atoms with E-state index in [2.05, 4.69) is 28.0 Å². The molecule has 3 aromatic rings. The van der Waals surface area contributed by atoms with Gasteiger partial charge < -0.3 is 20.4 Å². The Morgan fingerprint density at radius 1 is 0.979 bits per heavy atom. The van der Waals surface area contributed by atoms with Gasteiger partial charge in [0.1, 0.15) is 0 Å². The molecule has 3 N–H and O–H groups in total. The molecule has 1 aromatic heterocycles. The number of halogens is 1. The molecule has 0 bridgehead atoms. The van der Waals surface area contributed by atoms with Gasteiger partial charge in [-0.2, -0.15) is 0 Å². The molecule has 0 radical (unpaired) electrons. The van der Waals surface area contributed by atoms with Crippen molar-refractivity contribution in [1.29, 1.82) is 0 Å². The lowest BCUT2D eigenvalue weighted by molar-refractivity contribution is -0.143. The zero-order valence-electron chi connectivity index (χ0n) is 27.7. The highest BCUT2D eigenvalue weighted by atomic mass is 35.5. The maximum atomic E-state index is 14.1. The van der Waals surface area contributed by atoms with E-state index in [1.807, 2.05) is 40.1 Å². The summed E-state index contributed by atoms with van der Waals surface area (Å²) in [5.41, 5.74) is 8.30. The van der Waals surface area contributed by atoms with Crippen molar-refractivity contribution in [2.45, 2.75) is 57.4 Å². The van der Waals surface area contributed by atoms with Crippen LogP contribution in [0.5, 0.6) is 0 Å². The summed E-state index contributed by atoms with van der Waals surface area (Å²) >= 11 is 6.42. The smallest absolute Gasteiger partial charge is 0.343 e. The molecule has 10 nitrogen and oxygen atoms in total. The van der Waals surface area contributed by atoms with E-state index >= 15 is 0 Å². The quantitative estimate of drug-likeness (QED) is 0.270. The number of nitrogen functional groups attached to an aromatic ring is 1. The number of likely N-dealkylation sites (tertiary alicyclic amines) is 3. The summed E-state index contributed by atoms with van der Waals surface area (Å²) < 4.78 is 1.51. The van der Waals surface area contributed by atoms with Gasteiger partial charge in [-0.1, -0.05) is 47.9 Å². The van der Waals surface area contributed by atoms with Gasteiger partial charge in [-0.05, 0) is 94.6 Å². The van der Waals surface area contributed by atoms with Gasteiger partial charge in [0.2, 0.25) is 11.8 Å². The van der Waals surface area contributed by atoms with Crippen LogP contribution in [0.15, 0.2) is 47.3 Å². The number of nitrogens with two attached hydrogens (primary N) is 1. The highest BCUT2D eigenvalue weighted by Gasteiger charge is 2.35. The first-order valence-electron chi connectivity index (χ1n) is 17.2. The minimum Gasteiger partial charge on any atom is -0.397 e. The molecule has 254 valence electrons. The zero-order valence-corrected chi connectivity index (χ0v) is 28.5. The summed E-state index contributed by atoms with van der Waals surface area (Å²) in [5, 5.41) is 4.92. The second-order valence-corrected chi connectivity index (χ2v) is 14.2. The molecule has 4 heterocycles. The number of carbonyl (C=O) groups excluding carboxylic acids is 2. The van der Waals surface area contributed by atoms with Crippen LogP contribution in [0.25, 0.3) is 11.4 Å². The van der Waals surface area contributed by atoms with Crippen LogP contribution in [0, 0.1) is 30.1 Å². The van der Waals surface area contributed by atoms with Crippen LogP contribution in [-0.2, 0) is 16.0 Å².